The van der Waals surface area contributed by atoms with Gasteiger partial charge >= 0.3 is 18.0 Å². The molecule has 1 aliphatic carbocycles. The van der Waals surface area contributed by atoms with Crippen molar-refractivity contribution in [1.29, 1.82) is 0 Å². The molecule has 6 rings (SSSR count). The number of phenols is 1. The molecular weight excluding hydrogens is 1870 g/mol. The zero-order valence-corrected chi connectivity index (χ0v) is 81.9. The summed E-state index contributed by atoms with van der Waals surface area (Å²) in [6, 6.07) is -0.972. The van der Waals surface area contributed by atoms with Crippen LogP contribution >= 0.6 is 11.8 Å². The maximum Gasteiger partial charge on any atom is 0.312 e. The quantitative estimate of drug-likeness (QED) is 0.0215. The smallest absolute Gasteiger partial charge is 0.312 e. The number of primary amides is 3. The van der Waals surface area contributed by atoms with Crippen molar-refractivity contribution >= 4 is 130 Å². The van der Waals surface area contributed by atoms with E-state index in [1.807, 2.05) is 30.3 Å². The Hall–Kier alpha value is -13.9. The minimum absolute atomic E-state index is 0.0896. The van der Waals surface area contributed by atoms with Gasteiger partial charge in [-0.25, -0.2) is 4.79 Å². The van der Waals surface area contributed by atoms with Crippen LogP contribution in [0.5, 0.6) is 5.75 Å². The predicted octanol–water partition coefficient (Wildman–Crippen LogP) is -3.82. The average Bonchev–Trinajstić information content (AvgIpc) is 0.815. The first-order chi connectivity index (χ1) is 66.8. The van der Waals surface area contributed by atoms with E-state index in [4.69, 9.17) is 28.7 Å². The van der Waals surface area contributed by atoms with Crippen LogP contribution in [0.1, 0.15) is 167 Å². The van der Waals surface area contributed by atoms with Crippen LogP contribution in [0.4, 0.5) is 4.79 Å². The number of amides is 19. The first-order valence-corrected chi connectivity index (χ1v) is 48.0. The van der Waals surface area contributed by atoms with Gasteiger partial charge in [0.25, 0.3) is 0 Å². The van der Waals surface area contributed by atoms with E-state index in [2.05, 4.69) is 79.8 Å². The Labute approximate surface area is 826 Å². The molecule has 1 saturated heterocycles. The molecule has 0 unspecified atom stereocenters. The van der Waals surface area contributed by atoms with E-state index in [1.165, 1.54) is 38.2 Å². The van der Waals surface area contributed by atoms with Crippen molar-refractivity contribution in [3.63, 3.8) is 0 Å². The fourth-order valence-electron chi connectivity index (χ4n) is 15.8. The van der Waals surface area contributed by atoms with E-state index < -0.39 is 277 Å². The van der Waals surface area contributed by atoms with Gasteiger partial charge in [-0.05, 0) is 151 Å². The fourth-order valence-corrected chi connectivity index (χ4v) is 16.7. The number of phenolic OH excluding ortho intramolecular Hbond substituents is 1. The highest BCUT2D eigenvalue weighted by molar-refractivity contribution is 8.00. The monoisotopic (exact) mass is 2000 g/mol. The maximum atomic E-state index is 15.4. The third kappa shape index (κ3) is 39.3. The number of thioether (sulfide) groups is 1. The van der Waals surface area contributed by atoms with Gasteiger partial charge in [0.1, 0.15) is 96.4 Å². The van der Waals surface area contributed by atoms with Gasteiger partial charge in [-0.3, -0.25) is 91.1 Å². The van der Waals surface area contributed by atoms with Gasteiger partial charge in [0.05, 0.1) is 29.8 Å². The van der Waals surface area contributed by atoms with E-state index in [9.17, 15) is 92.7 Å². The number of likely N-dealkylation sites (N-methyl/N-ethyl adjacent to an activating group) is 1. The largest absolute Gasteiger partial charge is 0.508 e. The number of benzene rings is 4. The van der Waals surface area contributed by atoms with Crippen LogP contribution in [0, 0.1) is 18.8 Å². The van der Waals surface area contributed by atoms with Crippen LogP contribution < -0.4 is 108 Å². The lowest BCUT2D eigenvalue weighted by Crippen LogP contribution is -2.64. The number of rotatable bonds is 31. The first kappa shape index (κ1) is 117. The molecule has 2 aliphatic rings. The Bertz CT molecular complexity index is 5080. The number of urea groups is 1. The zero-order valence-electron chi connectivity index (χ0n) is 81.0. The third-order valence-electron chi connectivity index (χ3n) is 23.7. The Kier molecular flexibility index (Phi) is 46.5. The number of carboxylic acid groups (broad SMARTS) is 2. The minimum atomic E-state index is -2.33. The topological polar surface area (TPSA) is 756 Å². The number of hydrogen-bond donors (Lipinski definition) is 25. The van der Waals surface area contributed by atoms with E-state index in [1.54, 1.807) is 69.3 Å². The number of aliphatic carboxylic acids is 2. The van der Waals surface area contributed by atoms with Crippen molar-refractivity contribution in [2.45, 2.75) is 273 Å². The van der Waals surface area contributed by atoms with Gasteiger partial charge in [0.2, 0.25) is 100 Å². The van der Waals surface area contributed by atoms with E-state index >= 15 is 28.8 Å². The number of carbonyl (C=O) groups is 20. The normalized spacial score (nSPS) is 23.6. The fraction of sp³-hybridized carbons (Fsp3) is 0.537. The molecule has 4 aromatic carbocycles. The van der Waals surface area contributed by atoms with E-state index in [0.717, 1.165) is 50.1 Å². The molecule has 47 heteroatoms. The number of nitrogens with one attached hydrogen (secondary N) is 15. The highest BCUT2D eigenvalue weighted by Crippen LogP contribution is 2.29. The molecule has 46 nitrogen and oxygen atoms in total. The molecule has 4 aromatic rings. The molecule has 778 valence electrons. The number of carbonyl (C=O) groups excluding carboxylic acids is 18. The highest BCUT2D eigenvalue weighted by Gasteiger charge is 2.45. The SMILES string of the molecule is Cc1cccc(C[C@@H]2NC(=O)[C@H](CC(=O)O)NC(=O)[C@H](Cc3ccc(O)cc3)NC(=O)[C@H](CC(N)=O)NC(=O)CSC[C@@H](C(=O)N[C@@H](CCN)C(N)=O)NC(=O)[C@H](CCC(=O)O)NC(=O)[C@H](C(C)(C)O)NC(=O)[C@H](CC3CCCCC3)NC(=O)[C@H](CCN)NC(=O)[C@@H](CC(C)C)NC(=O)[C@H](C)N(C)C(=O)[C@H](CCCNC(N)=O)NC(=O)[C@H](Cc3ccc(-c4ccccc4)cc3)NC(=O)[C@H](C(C)(C)O)NC2=O)c1. The van der Waals surface area contributed by atoms with Crippen LogP contribution in [0.25, 0.3) is 11.1 Å². The van der Waals surface area contributed by atoms with Gasteiger partial charge in [-0.15, -0.1) is 11.8 Å². The van der Waals surface area contributed by atoms with Gasteiger partial charge in [0, 0.05) is 45.0 Å². The Morgan fingerprint density at radius 1 is 0.493 bits per heavy atom. The molecule has 1 heterocycles. The molecule has 2 fully saturated rings. The van der Waals surface area contributed by atoms with Gasteiger partial charge in [0.15, 0.2) is 0 Å². The summed E-state index contributed by atoms with van der Waals surface area (Å²) in [5.74, 6) is -25.6. The van der Waals surface area contributed by atoms with Crippen LogP contribution in [0.2, 0.25) is 0 Å². The van der Waals surface area contributed by atoms with Crippen LogP contribution in [-0.4, -0.2) is 289 Å². The molecule has 30 N–H and O–H groups in total. The number of aryl methyl sites for hydroxylation is 1. The molecule has 1 aliphatic heterocycles. The predicted molar refractivity (Wildman–Crippen MR) is 518 cm³/mol. The van der Waals surface area contributed by atoms with Crippen molar-refractivity contribution < 1.29 is 121 Å². The standard InChI is InChI=1S/C95H137N21O25S/c1-50(2)40-64-82(128)104-62(36-38-97)81(127)108-67(42-53-19-12-10-13-20-53)87(133)114-76(94(5,6)140)90(136)105-61(33-34-74(120)121)80(126)113-71(89(135)103-60(35-37-96)78(99)124)48-142-49-73(119)102-69(46-72(98)118)85(131)109-65(44-55-27-31-59(117)32-28-55)84(130)111-70(47-75(122)123)86(132)110-68(45-56-21-16-18-51(3)41-56)88(134)115-77(95(7,8)141)91(137)112-66(43-54-25-29-58(30-26-54)57-22-14-11-15-23-57)83(129)106-63(24-17-39-101-93(100)139)92(138)116(9)52(4)79(125)107-64/h11,14-16,18,21-23,25-32,41,50,52-53,60-71,76-77,117,140-141H,10,12-13,17,19-20,24,33-40,42-49,96-97H2,1-9H3,(H2,98,118)(H2,99,124)(H,102,119)(H,103,135)(H,104,128)(H,105,136)(H,106,129)(H,107,125)(H,108,127)(H,109,131)(H,110,132)(H,111,130)(H,112,137)(H,113,126)(H,114,133)(H,115,134)(H,120,121)(H,122,123)(H3,100,101,139)/t52-,60-,61-,62-,63-,64+,65-,66-,67-,68-,69-,70-,71-,76+,77+/m0/s1. The number of carboxylic acids is 2. The van der Waals surface area contributed by atoms with Gasteiger partial charge < -0.3 is 139 Å². The Morgan fingerprint density at radius 3 is 1.48 bits per heavy atom. The van der Waals surface area contributed by atoms with Gasteiger partial charge in [-0.2, -0.15) is 0 Å². The molecule has 0 radical (unpaired) electrons. The molecule has 0 spiro atoms. The van der Waals surface area contributed by atoms with E-state index in [-0.39, 0.29) is 81.3 Å². The van der Waals surface area contributed by atoms with E-state index in [0.29, 0.717) is 54.1 Å². The van der Waals surface area contributed by atoms with Gasteiger partial charge in [-0.1, -0.05) is 143 Å². The summed E-state index contributed by atoms with van der Waals surface area (Å²) >= 11 is 0.540. The van der Waals surface area contributed by atoms with Crippen molar-refractivity contribution in [1.82, 2.24) is 84.7 Å². The molecule has 0 bridgehead atoms. The summed E-state index contributed by atoms with van der Waals surface area (Å²) < 4.78 is 0. The lowest BCUT2D eigenvalue weighted by Gasteiger charge is -2.34. The van der Waals surface area contributed by atoms with Crippen LogP contribution in [0.15, 0.2) is 103 Å². The summed E-state index contributed by atoms with van der Waals surface area (Å²) in [5, 5.41) is 91.6. The first-order valence-electron chi connectivity index (χ1n) is 46.8. The maximum absolute atomic E-state index is 15.4. The Morgan fingerprint density at radius 2 is 0.958 bits per heavy atom. The number of nitrogens with zero attached hydrogens (tertiary/aromatic N) is 1. The van der Waals surface area contributed by atoms with Crippen LogP contribution in [0.3, 0.4) is 0 Å². The summed E-state index contributed by atoms with van der Waals surface area (Å²) in [7, 11) is 1.20. The number of nitrogens with two attached hydrogens (primary N) is 5. The number of aliphatic hydroxyl groups is 2. The zero-order chi connectivity index (χ0) is 106. The summed E-state index contributed by atoms with van der Waals surface area (Å²) in [6.45, 7) is 10.1. The van der Waals surface area contributed by atoms with Crippen molar-refractivity contribution in [2.75, 3.05) is 38.2 Å². The van der Waals surface area contributed by atoms with Crippen LogP contribution in [-0.2, 0) is 110 Å². The molecule has 0 aromatic heterocycles. The summed E-state index contributed by atoms with van der Waals surface area (Å²) in [6.07, 6.45) is -3.20. The highest BCUT2D eigenvalue weighted by atomic mass is 32.2. The average molecular weight is 2010 g/mol. The molecular formula is C95H137N21O25S. The minimum Gasteiger partial charge on any atom is -0.508 e. The second-order valence-corrected chi connectivity index (χ2v) is 38.0. The van der Waals surface area contributed by atoms with Crippen molar-refractivity contribution in [3.8, 4) is 16.9 Å². The lowest BCUT2D eigenvalue weighted by atomic mass is 9.84. The lowest BCUT2D eigenvalue weighted by molar-refractivity contribution is -0.143. The number of hydrogen-bond acceptors (Lipinski definition) is 26. The van der Waals surface area contributed by atoms with Crippen molar-refractivity contribution in [3.05, 3.63) is 125 Å². The number of aromatic hydroxyl groups is 1. The third-order valence-corrected chi connectivity index (χ3v) is 24.7. The molecule has 142 heavy (non-hydrogen) atoms. The van der Waals surface area contributed by atoms with Crippen molar-refractivity contribution in [2.24, 2.45) is 40.5 Å². The second-order valence-electron chi connectivity index (χ2n) is 37.0. The second kappa shape index (κ2) is 56.5. The summed E-state index contributed by atoms with van der Waals surface area (Å²) in [5.41, 5.74) is 26.9. The molecule has 1 saturated carbocycles. The molecule has 19 amide bonds. The Balaban J connectivity index is 1.52. The summed E-state index contributed by atoms with van der Waals surface area (Å²) in [4.78, 5) is 287. The molecule has 15 atom stereocenters.